The summed E-state index contributed by atoms with van der Waals surface area (Å²) >= 11 is 0. The summed E-state index contributed by atoms with van der Waals surface area (Å²) in [4.78, 5) is 78.1. The molecule has 3 fully saturated rings. The van der Waals surface area contributed by atoms with Crippen LogP contribution in [0.2, 0.25) is 0 Å². The van der Waals surface area contributed by atoms with Gasteiger partial charge in [0.1, 0.15) is 36.5 Å². The highest BCUT2D eigenvalue weighted by atomic mass is 16.6. The van der Waals surface area contributed by atoms with E-state index < -0.39 is 64.4 Å². The number of nitro benzene ring substituents is 1. The number of rotatable bonds is 12. The smallest absolute Gasteiger partial charge is 0.421 e. The molecule has 16 heteroatoms. The van der Waals surface area contributed by atoms with Crippen molar-refractivity contribution in [3.05, 3.63) is 196 Å². The fourth-order valence-corrected chi connectivity index (χ4v) is 10.5. The van der Waals surface area contributed by atoms with Crippen molar-refractivity contribution in [1.82, 2.24) is 4.90 Å². The minimum Gasteiger partial charge on any atom is -0.491 e. The average molecular weight is 930 g/mol. The fraction of sp³-hybridized carbons (Fsp3) is 0.245. The number of non-ortho nitro benzene ring substituents is 1. The number of esters is 1. The Morgan fingerprint density at radius 3 is 2.13 bits per heavy atom. The van der Waals surface area contributed by atoms with E-state index in [1.807, 2.05) is 77.7 Å². The van der Waals surface area contributed by atoms with E-state index in [0.717, 1.165) is 16.2 Å². The molecule has 4 heterocycles. The van der Waals surface area contributed by atoms with Gasteiger partial charge >= 0.3 is 12.1 Å². The van der Waals surface area contributed by atoms with Gasteiger partial charge in [0.2, 0.25) is 11.8 Å². The maximum atomic E-state index is 16.4. The Morgan fingerprint density at radius 2 is 1.43 bits per heavy atom. The number of cyclic esters (lactones) is 1. The summed E-state index contributed by atoms with van der Waals surface area (Å²) in [5, 5.41) is 24.5. The lowest BCUT2D eigenvalue weighted by molar-refractivity contribution is -0.384. The Labute approximate surface area is 396 Å². The molecule has 3 amide bonds. The van der Waals surface area contributed by atoms with Crippen LogP contribution in [-0.4, -0.2) is 84.4 Å². The number of nitro groups is 1. The minimum atomic E-state index is -2.08. The van der Waals surface area contributed by atoms with Crippen LogP contribution in [0.5, 0.6) is 5.75 Å². The topological polar surface area (TPSA) is 190 Å². The molecule has 4 aliphatic heterocycles. The fourth-order valence-electron chi connectivity index (χ4n) is 10.5. The second-order valence-electron chi connectivity index (χ2n) is 17.1. The first kappa shape index (κ1) is 44.9. The zero-order valence-corrected chi connectivity index (χ0v) is 37.2. The largest absolute Gasteiger partial charge is 0.491 e. The number of para-hydroxylation sites is 2. The standard InChI is InChI=1S/C53H47N5O11/c59-29-32-67-43-18-10-7-15-40(43)48-53(41-16-8-9-17-42(41)56(51(53)62)52(63)68-33-34-19-23-39(24-20-34)58(64)65)44(49(60)54-37-21-25-38(26-22-37)55-27-30-66-31-28-55)46-50(61)69-47(36-13-5-2-6-14-36)45(57(46)48)35-11-3-1-4-12-35/h1-26,44-48,59H,27-33H2,(H,54,60)/t44-,45-,46-,47+,48+,53-/m1/s1. The van der Waals surface area contributed by atoms with Gasteiger partial charge in [-0.1, -0.05) is 97.1 Å². The summed E-state index contributed by atoms with van der Waals surface area (Å²) in [6.45, 7) is 1.75. The summed E-state index contributed by atoms with van der Waals surface area (Å²) in [5.41, 5.74) is 1.72. The molecule has 6 atom stereocenters. The molecule has 0 aliphatic carbocycles. The zero-order valence-electron chi connectivity index (χ0n) is 37.2. The second-order valence-corrected chi connectivity index (χ2v) is 17.1. The van der Waals surface area contributed by atoms with Gasteiger partial charge in [-0.2, -0.15) is 0 Å². The third-order valence-corrected chi connectivity index (χ3v) is 13.4. The predicted octanol–water partition coefficient (Wildman–Crippen LogP) is 7.44. The highest BCUT2D eigenvalue weighted by Crippen LogP contribution is 2.66. The van der Waals surface area contributed by atoms with Crippen molar-refractivity contribution < 1.29 is 48.2 Å². The van der Waals surface area contributed by atoms with Crippen LogP contribution in [0.25, 0.3) is 0 Å². The minimum absolute atomic E-state index is 0.118. The first-order valence-electron chi connectivity index (χ1n) is 22.7. The second kappa shape index (κ2) is 19.0. The molecule has 1 spiro atoms. The van der Waals surface area contributed by atoms with Gasteiger partial charge in [-0.05, 0) is 70.8 Å². The number of hydrogen-bond acceptors (Lipinski definition) is 13. The molecule has 3 saturated heterocycles. The Bertz CT molecular complexity index is 2880. The molecule has 4 aliphatic rings. The van der Waals surface area contributed by atoms with Crippen molar-refractivity contribution in [1.29, 1.82) is 0 Å². The first-order valence-corrected chi connectivity index (χ1v) is 22.7. The SMILES string of the molecule is O=C1O[C@@H](c2ccccc2)[C@@H](c2ccccc2)N2[C@@H](c3ccccc3OCCO)[C@]3(C(=O)N(C(=O)OCc4ccc([N+](=O)[O-])cc4)c4ccccc43)[C@@H](C(=O)Nc3ccc(N4CCOCC4)cc3)[C@H]12. The summed E-state index contributed by atoms with van der Waals surface area (Å²) in [7, 11) is 0. The lowest BCUT2D eigenvalue weighted by Crippen LogP contribution is -2.54. The van der Waals surface area contributed by atoms with Crippen LogP contribution < -0.4 is 19.9 Å². The number of fused-ring (bicyclic) bond motifs is 3. The summed E-state index contributed by atoms with van der Waals surface area (Å²) in [6.07, 6.45) is -2.02. The molecular formula is C53H47N5O11. The number of anilines is 3. The quantitative estimate of drug-likeness (QED) is 0.0700. The number of aliphatic hydroxyl groups is 1. The number of aliphatic hydroxyl groups excluding tert-OH is 1. The Balaban J connectivity index is 1.18. The van der Waals surface area contributed by atoms with E-state index >= 15 is 14.4 Å². The van der Waals surface area contributed by atoms with E-state index in [4.69, 9.17) is 18.9 Å². The number of carbonyl (C=O) groups excluding carboxylic acids is 4. The highest BCUT2D eigenvalue weighted by molar-refractivity contribution is 6.24. The van der Waals surface area contributed by atoms with E-state index in [0.29, 0.717) is 48.7 Å². The maximum absolute atomic E-state index is 16.4. The Kier molecular flexibility index (Phi) is 12.4. The molecule has 0 saturated carbocycles. The third-order valence-electron chi connectivity index (χ3n) is 13.4. The van der Waals surface area contributed by atoms with Crippen molar-refractivity contribution >= 4 is 46.6 Å². The summed E-state index contributed by atoms with van der Waals surface area (Å²) in [5.74, 6) is -3.59. The van der Waals surface area contributed by atoms with E-state index in [1.54, 1.807) is 60.7 Å². The van der Waals surface area contributed by atoms with Crippen LogP contribution in [-0.2, 0) is 40.6 Å². The van der Waals surface area contributed by atoms with Gasteiger partial charge in [0, 0.05) is 42.2 Å². The van der Waals surface area contributed by atoms with Crippen molar-refractivity contribution in [3.63, 3.8) is 0 Å². The molecule has 350 valence electrons. The lowest BCUT2D eigenvalue weighted by atomic mass is 9.65. The van der Waals surface area contributed by atoms with Crippen LogP contribution in [0, 0.1) is 16.0 Å². The van der Waals surface area contributed by atoms with Crippen LogP contribution in [0.4, 0.5) is 27.5 Å². The number of imide groups is 1. The van der Waals surface area contributed by atoms with Crippen molar-refractivity contribution in [3.8, 4) is 5.75 Å². The van der Waals surface area contributed by atoms with Crippen molar-refractivity contribution in [2.45, 2.75) is 36.3 Å². The van der Waals surface area contributed by atoms with Gasteiger partial charge in [-0.15, -0.1) is 0 Å². The Morgan fingerprint density at radius 1 is 0.783 bits per heavy atom. The van der Waals surface area contributed by atoms with Gasteiger partial charge in [0.25, 0.3) is 5.69 Å². The molecule has 2 N–H and O–H groups in total. The molecular weight excluding hydrogens is 883 g/mol. The zero-order chi connectivity index (χ0) is 47.6. The summed E-state index contributed by atoms with van der Waals surface area (Å²) < 4.78 is 24.2. The van der Waals surface area contributed by atoms with Crippen LogP contribution in [0.3, 0.4) is 0 Å². The van der Waals surface area contributed by atoms with Crippen LogP contribution >= 0.6 is 0 Å². The van der Waals surface area contributed by atoms with Gasteiger partial charge in [0.15, 0.2) is 0 Å². The van der Waals surface area contributed by atoms with Gasteiger partial charge in [-0.25, -0.2) is 9.69 Å². The van der Waals surface area contributed by atoms with E-state index in [9.17, 15) is 20.0 Å². The monoisotopic (exact) mass is 929 g/mol. The normalized spacial score (nSPS) is 22.9. The Hall–Kier alpha value is -7.92. The molecule has 6 aromatic carbocycles. The molecule has 69 heavy (non-hydrogen) atoms. The van der Waals surface area contributed by atoms with E-state index in [2.05, 4.69) is 10.2 Å². The molecule has 10 rings (SSSR count). The number of carbonyl (C=O) groups is 4. The van der Waals surface area contributed by atoms with Crippen molar-refractivity contribution in [2.75, 3.05) is 54.6 Å². The van der Waals surface area contributed by atoms with Gasteiger partial charge < -0.3 is 34.3 Å². The predicted molar refractivity (Wildman–Crippen MR) is 252 cm³/mol. The van der Waals surface area contributed by atoms with E-state index in [-0.39, 0.29) is 42.5 Å². The first-order chi connectivity index (χ1) is 33.7. The lowest BCUT2D eigenvalue weighted by Gasteiger charge is -2.46. The van der Waals surface area contributed by atoms with Crippen molar-refractivity contribution in [2.24, 2.45) is 5.92 Å². The number of nitrogens with one attached hydrogen (secondary N) is 1. The van der Waals surface area contributed by atoms with Gasteiger partial charge in [-0.3, -0.25) is 29.4 Å². The van der Waals surface area contributed by atoms with Crippen LogP contribution in [0.1, 0.15) is 46.0 Å². The molecule has 0 radical (unpaired) electrons. The number of ether oxygens (including phenoxy) is 4. The number of nitrogens with zero attached hydrogens (tertiary/aromatic N) is 4. The summed E-state index contributed by atoms with van der Waals surface area (Å²) in [6, 6.07) is 41.6. The molecule has 0 unspecified atom stereocenters. The number of benzene rings is 6. The average Bonchev–Trinajstić information content (AvgIpc) is 3.85. The molecule has 6 aromatic rings. The number of amides is 3. The van der Waals surface area contributed by atoms with Crippen LogP contribution in [0.15, 0.2) is 158 Å². The third kappa shape index (κ3) is 8.01. The highest BCUT2D eigenvalue weighted by Gasteiger charge is 2.76. The molecule has 0 bridgehead atoms. The number of morpholine rings is 2. The molecule has 16 nitrogen and oxygen atoms in total. The van der Waals surface area contributed by atoms with Gasteiger partial charge in [0.05, 0.1) is 48.4 Å². The molecule has 0 aromatic heterocycles. The van der Waals surface area contributed by atoms with E-state index in [1.165, 1.54) is 24.3 Å². The maximum Gasteiger partial charge on any atom is 0.421 e. The number of hydrogen-bond donors (Lipinski definition) is 2.